The normalized spacial score (nSPS) is 11.0. The minimum atomic E-state index is -0.234. The molecule has 4 nitrogen and oxygen atoms in total. The van der Waals surface area contributed by atoms with Gasteiger partial charge in [0.2, 0.25) is 0 Å². The zero-order valence-corrected chi connectivity index (χ0v) is 17.5. The van der Waals surface area contributed by atoms with Crippen LogP contribution >= 0.6 is 11.8 Å². The van der Waals surface area contributed by atoms with Crippen LogP contribution in [0.5, 0.6) is 5.75 Å². The van der Waals surface area contributed by atoms with E-state index >= 15 is 0 Å². The third kappa shape index (κ3) is 4.39. The Bertz CT molecular complexity index is 1170. The molecule has 0 fully saturated rings. The smallest absolute Gasteiger partial charge is 0.191 e. The largest absolute Gasteiger partial charge is 0.485 e. The molecule has 0 aliphatic rings. The molecule has 0 radical (unpaired) electrons. The predicted octanol–water partition coefficient (Wildman–Crippen LogP) is 5.94. The highest BCUT2D eigenvalue weighted by Gasteiger charge is 2.14. The predicted molar refractivity (Wildman–Crippen MR) is 119 cm³/mol. The molecule has 1 heterocycles. The van der Waals surface area contributed by atoms with E-state index in [1.54, 1.807) is 23.9 Å². The Labute approximate surface area is 179 Å². The number of hydrogen-bond donors (Lipinski definition) is 0. The van der Waals surface area contributed by atoms with Crippen LogP contribution in [0, 0.1) is 12.7 Å². The number of benzene rings is 3. The van der Waals surface area contributed by atoms with Crippen LogP contribution in [0.3, 0.4) is 0 Å². The molecule has 152 valence electrons. The molecule has 4 aromatic rings. The molecule has 0 saturated heterocycles. The Morgan fingerprint density at radius 3 is 2.67 bits per heavy atom. The van der Waals surface area contributed by atoms with E-state index in [0.717, 1.165) is 27.9 Å². The van der Waals surface area contributed by atoms with Crippen molar-refractivity contribution in [1.29, 1.82) is 0 Å². The molecule has 0 N–H and O–H groups in total. The maximum Gasteiger partial charge on any atom is 0.191 e. The molecule has 0 aliphatic carbocycles. The highest BCUT2D eigenvalue weighted by molar-refractivity contribution is 7.98. The van der Waals surface area contributed by atoms with Crippen molar-refractivity contribution < 1.29 is 9.13 Å². The van der Waals surface area contributed by atoms with Crippen molar-refractivity contribution in [2.24, 2.45) is 0 Å². The fraction of sp³-hybridized carbons (Fsp3) is 0.167. The van der Waals surface area contributed by atoms with Gasteiger partial charge in [-0.1, -0.05) is 60.3 Å². The molecule has 0 unspecified atom stereocenters. The van der Waals surface area contributed by atoms with E-state index in [9.17, 15) is 4.39 Å². The summed E-state index contributed by atoms with van der Waals surface area (Å²) in [6.45, 7) is 6.82. The molecule has 0 atom stereocenters. The zero-order valence-electron chi connectivity index (χ0n) is 16.7. The maximum atomic E-state index is 13.1. The number of aryl methyl sites for hydroxylation is 1. The van der Waals surface area contributed by atoms with Gasteiger partial charge in [-0.05, 0) is 47.0 Å². The standard InChI is InChI=1S/C24H22FN3OS/c1-3-14-28-23(26-27-24(28)30-16-18-8-11-20(25)12-9-18)15-29-22-13-10-19-6-4-5-7-21(19)17(22)2/h3-13H,1,14-16H2,2H3. The quantitative estimate of drug-likeness (QED) is 0.262. The van der Waals surface area contributed by atoms with Gasteiger partial charge in [0.15, 0.2) is 11.0 Å². The average molecular weight is 420 g/mol. The van der Waals surface area contributed by atoms with E-state index in [2.05, 4.69) is 41.9 Å². The van der Waals surface area contributed by atoms with Gasteiger partial charge >= 0.3 is 0 Å². The lowest BCUT2D eigenvalue weighted by Crippen LogP contribution is -2.08. The van der Waals surface area contributed by atoms with Gasteiger partial charge in [0.25, 0.3) is 0 Å². The second-order valence-corrected chi connectivity index (χ2v) is 7.85. The minimum Gasteiger partial charge on any atom is -0.485 e. The zero-order chi connectivity index (χ0) is 20.9. The summed E-state index contributed by atoms with van der Waals surface area (Å²) >= 11 is 1.56. The maximum absolute atomic E-state index is 13.1. The number of halogens is 1. The van der Waals surface area contributed by atoms with E-state index in [0.29, 0.717) is 18.9 Å². The number of thioether (sulfide) groups is 1. The van der Waals surface area contributed by atoms with Gasteiger partial charge in [0.05, 0.1) is 0 Å². The van der Waals surface area contributed by atoms with Gasteiger partial charge in [-0.15, -0.1) is 16.8 Å². The highest BCUT2D eigenvalue weighted by atomic mass is 32.2. The topological polar surface area (TPSA) is 39.9 Å². The molecule has 0 saturated carbocycles. The van der Waals surface area contributed by atoms with Crippen molar-refractivity contribution in [3.63, 3.8) is 0 Å². The minimum absolute atomic E-state index is 0.234. The number of allylic oxidation sites excluding steroid dienone is 1. The molecular formula is C24H22FN3OS. The molecular weight excluding hydrogens is 397 g/mol. The Morgan fingerprint density at radius 1 is 1.07 bits per heavy atom. The first-order chi connectivity index (χ1) is 14.7. The Balaban J connectivity index is 1.49. The van der Waals surface area contributed by atoms with Crippen molar-refractivity contribution in [2.75, 3.05) is 0 Å². The summed E-state index contributed by atoms with van der Waals surface area (Å²) in [5.74, 6) is 2.02. The summed E-state index contributed by atoms with van der Waals surface area (Å²) in [6, 6.07) is 18.8. The Hall–Kier alpha value is -3.12. The lowest BCUT2D eigenvalue weighted by Gasteiger charge is -2.12. The van der Waals surface area contributed by atoms with Gasteiger partial charge in [-0.25, -0.2) is 4.39 Å². The summed E-state index contributed by atoms with van der Waals surface area (Å²) in [5, 5.41) is 11.8. The van der Waals surface area contributed by atoms with Crippen molar-refractivity contribution in [2.45, 2.75) is 31.0 Å². The number of nitrogens with zero attached hydrogens (tertiary/aromatic N) is 3. The van der Waals surface area contributed by atoms with Crippen LogP contribution in [0.15, 0.2) is 78.5 Å². The van der Waals surface area contributed by atoms with Crippen LogP contribution in [0.1, 0.15) is 17.0 Å². The first-order valence-electron chi connectivity index (χ1n) is 9.67. The fourth-order valence-electron chi connectivity index (χ4n) is 3.28. The molecule has 0 bridgehead atoms. The average Bonchev–Trinajstić information content (AvgIpc) is 3.15. The molecule has 0 spiro atoms. The molecule has 6 heteroatoms. The summed E-state index contributed by atoms with van der Waals surface area (Å²) in [7, 11) is 0. The number of rotatable bonds is 8. The van der Waals surface area contributed by atoms with Gasteiger partial charge in [-0.2, -0.15) is 0 Å². The van der Waals surface area contributed by atoms with E-state index < -0.39 is 0 Å². The van der Waals surface area contributed by atoms with Gasteiger partial charge in [0.1, 0.15) is 18.2 Å². The summed E-state index contributed by atoms with van der Waals surface area (Å²) in [5.41, 5.74) is 2.13. The molecule has 3 aromatic carbocycles. The van der Waals surface area contributed by atoms with Crippen LogP contribution in [-0.4, -0.2) is 14.8 Å². The number of aromatic nitrogens is 3. The third-order valence-corrected chi connectivity index (χ3v) is 5.93. The third-order valence-electron chi connectivity index (χ3n) is 4.89. The van der Waals surface area contributed by atoms with Crippen LogP contribution in [0.2, 0.25) is 0 Å². The van der Waals surface area contributed by atoms with E-state index in [1.165, 1.54) is 22.9 Å². The lowest BCUT2D eigenvalue weighted by molar-refractivity contribution is 0.287. The van der Waals surface area contributed by atoms with E-state index in [-0.39, 0.29) is 5.82 Å². The number of hydrogen-bond acceptors (Lipinski definition) is 4. The first kappa shape index (κ1) is 20.2. The summed E-state index contributed by atoms with van der Waals surface area (Å²) in [4.78, 5) is 0. The van der Waals surface area contributed by atoms with E-state index in [1.807, 2.05) is 28.8 Å². The fourth-order valence-corrected chi connectivity index (χ4v) is 4.20. The number of ether oxygens (including phenoxy) is 1. The van der Waals surface area contributed by atoms with Crippen LogP contribution < -0.4 is 4.74 Å². The highest BCUT2D eigenvalue weighted by Crippen LogP contribution is 2.28. The van der Waals surface area contributed by atoms with Crippen LogP contribution in [0.4, 0.5) is 4.39 Å². The molecule has 4 rings (SSSR count). The Morgan fingerprint density at radius 2 is 1.87 bits per heavy atom. The first-order valence-corrected chi connectivity index (χ1v) is 10.7. The second kappa shape index (κ2) is 9.13. The van der Waals surface area contributed by atoms with E-state index in [4.69, 9.17) is 4.74 Å². The molecule has 30 heavy (non-hydrogen) atoms. The van der Waals surface area contributed by atoms with Crippen molar-refractivity contribution in [1.82, 2.24) is 14.8 Å². The van der Waals surface area contributed by atoms with Crippen molar-refractivity contribution >= 4 is 22.5 Å². The second-order valence-electron chi connectivity index (χ2n) is 6.91. The van der Waals surface area contributed by atoms with Gasteiger partial charge < -0.3 is 4.74 Å². The Kier molecular flexibility index (Phi) is 6.14. The monoisotopic (exact) mass is 419 g/mol. The SMILES string of the molecule is C=CCn1c(COc2ccc3ccccc3c2C)nnc1SCc1ccc(F)cc1. The van der Waals surface area contributed by atoms with Crippen molar-refractivity contribution in [3.8, 4) is 5.75 Å². The van der Waals surface area contributed by atoms with Crippen molar-refractivity contribution in [3.05, 3.63) is 96.1 Å². The molecule has 0 aliphatic heterocycles. The number of fused-ring (bicyclic) bond motifs is 1. The summed E-state index contributed by atoms with van der Waals surface area (Å²) < 4.78 is 21.2. The van der Waals surface area contributed by atoms with Gasteiger partial charge in [0, 0.05) is 12.3 Å². The van der Waals surface area contributed by atoms with Crippen LogP contribution in [-0.2, 0) is 18.9 Å². The molecule has 1 aromatic heterocycles. The van der Waals surface area contributed by atoms with Crippen LogP contribution in [0.25, 0.3) is 10.8 Å². The van der Waals surface area contributed by atoms with Gasteiger partial charge in [-0.3, -0.25) is 4.57 Å². The molecule has 0 amide bonds. The summed E-state index contributed by atoms with van der Waals surface area (Å²) in [6.07, 6.45) is 1.82. The lowest BCUT2D eigenvalue weighted by atomic mass is 10.0.